The van der Waals surface area contributed by atoms with E-state index in [1.165, 1.54) is 6.26 Å². The van der Waals surface area contributed by atoms with Crippen molar-refractivity contribution in [1.82, 2.24) is 4.90 Å². The monoisotopic (exact) mass is 272 g/mol. The molecule has 18 heavy (non-hydrogen) atoms. The molecule has 0 radical (unpaired) electrons. The van der Waals surface area contributed by atoms with Crippen LogP contribution in [-0.4, -0.2) is 46.0 Å². The lowest BCUT2D eigenvalue weighted by atomic mass is 10.1. The van der Waals surface area contributed by atoms with Gasteiger partial charge in [0.2, 0.25) is 0 Å². The van der Waals surface area contributed by atoms with Gasteiger partial charge in [0.05, 0.1) is 12.9 Å². The van der Waals surface area contributed by atoms with E-state index in [-0.39, 0.29) is 5.75 Å². The Morgan fingerprint density at radius 2 is 2.06 bits per heavy atom. The first kappa shape index (κ1) is 14.8. The third-order valence-electron chi connectivity index (χ3n) is 2.59. The molecule has 0 aliphatic carbocycles. The maximum atomic E-state index is 11.1. The average molecular weight is 272 g/mol. The van der Waals surface area contributed by atoms with Crippen LogP contribution in [0.2, 0.25) is 0 Å². The van der Waals surface area contributed by atoms with E-state index in [0.717, 1.165) is 11.3 Å². The summed E-state index contributed by atoms with van der Waals surface area (Å²) in [5.41, 5.74) is 7.35. The van der Waals surface area contributed by atoms with Crippen molar-refractivity contribution >= 4 is 15.5 Å². The van der Waals surface area contributed by atoms with E-state index < -0.39 is 9.84 Å². The second-order valence-corrected chi connectivity index (χ2v) is 6.70. The normalized spacial score (nSPS) is 11.8. The highest BCUT2D eigenvalue weighted by molar-refractivity contribution is 7.90. The third-order valence-corrected chi connectivity index (χ3v) is 3.51. The summed E-state index contributed by atoms with van der Waals surface area (Å²) in [6.07, 6.45) is 1.24. The predicted molar refractivity (Wildman–Crippen MR) is 73.5 cm³/mol. The molecule has 0 bridgehead atoms. The Kier molecular flexibility index (Phi) is 4.98. The van der Waals surface area contributed by atoms with Crippen LogP contribution in [0.25, 0.3) is 0 Å². The van der Waals surface area contributed by atoms with E-state index in [9.17, 15) is 8.42 Å². The van der Waals surface area contributed by atoms with Crippen molar-refractivity contribution in [2.24, 2.45) is 0 Å². The van der Waals surface area contributed by atoms with Crippen molar-refractivity contribution in [3.63, 3.8) is 0 Å². The fourth-order valence-corrected chi connectivity index (χ4v) is 2.26. The molecule has 5 nitrogen and oxygen atoms in total. The summed E-state index contributed by atoms with van der Waals surface area (Å²) >= 11 is 0. The summed E-state index contributed by atoms with van der Waals surface area (Å²) in [4.78, 5) is 1.93. The number of nitrogens with zero attached hydrogens (tertiary/aromatic N) is 1. The van der Waals surface area contributed by atoms with Crippen LogP contribution in [0, 0.1) is 0 Å². The van der Waals surface area contributed by atoms with Gasteiger partial charge >= 0.3 is 0 Å². The second kappa shape index (κ2) is 6.06. The number of nitrogen functional groups attached to an aromatic ring is 1. The second-order valence-electron chi connectivity index (χ2n) is 4.44. The highest BCUT2D eigenvalue weighted by atomic mass is 32.2. The fourth-order valence-electron chi connectivity index (χ4n) is 1.61. The van der Waals surface area contributed by atoms with E-state index in [1.54, 1.807) is 13.2 Å². The van der Waals surface area contributed by atoms with Crippen LogP contribution < -0.4 is 10.5 Å². The smallest absolute Gasteiger partial charge is 0.148 e. The van der Waals surface area contributed by atoms with E-state index in [4.69, 9.17) is 10.5 Å². The number of sulfone groups is 1. The maximum absolute atomic E-state index is 11.1. The highest BCUT2D eigenvalue weighted by Gasteiger charge is 2.09. The molecule has 0 unspecified atom stereocenters. The largest absolute Gasteiger partial charge is 0.496 e. The van der Waals surface area contributed by atoms with Gasteiger partial charge in [0.15, 0.2) is 0 Å². The van der Waals surface area contributed by atoms with Gasteiger partial charge in [-0.1, -0.05) is 0 Å². The topological polar surface area (TPSA) is 72.6 Å². The van der Waals surface area contributed by atoms with Gasteiger partial charge in [-0.2, -0.15) is 0 Å². The summed E-state index contributed by atoms with van der Waals surface area (Å²) in [6, 6.07) is 5.43. The lowest BCUT2D eigenvalue weighted by molar-refractivity contribution is 0.333. The van der Waals surface area contributed by atoms with Crippen molar-refractivity contribution in [3.8, 4) is 5.75 Å². The van der Waals surface area contributed by atoms with Crippen molar-refractivity contribution < 1.29 is 13.2 Å². The van der Waals surface area contributed by atoms with Crippen molar-refractivity contribution in [2.45, 2.75) is 6.54 Å². The summed E-state index contributed by atoms with van der Waals surface area (Å²) < 4.78 is 27.4. The molecule has 0 aliphatic rings. The molecule has 0 amide bonds. The summed E-state index contributed by atoms with van der Waals surface area (Å²) in [6.45, 7) is 1.08. The van der Waals surface area contributed by atoms with Crippen LogP contribution in [0.15, 0.2) is 18.2 Å². The summed E-state index contributed by atoms with van der Waals surface area (Å²) in [5, 5.41) is 0. The SMILES string of the molecule is COc1ccc(N)cc1CN(C)CCS(C)(=O)=O. The number of hydrogen-bond acceptors (Lipinski definition) is 5. The van der Waals surface area contributed by atoms with E-state index >= 15 is 0 Å². The first-order valence-corrected chi connectivity index (χ1v) is 7.66. The molecule has 102 valence electrons. The molecule has 1 aromatic carbocycles. The van der Waals surface area contributed by atoms with Crippen molar-refractivity contribution in [1.29, 1.82) is 0 Å². The average Bonchev–Trinajstić information content (AvgIpc) is 2.26. The van der Waals surface area contributed by atoms with Gasteiger partial charge in [-0.15, -0.1) is 0 Å². The van der Waals surface area contributed by atoms with E-state index in [2.05, 4.69) is 0 Å². The van der Waals surface area contributed by atoms with Gasteiger partial charge < -0.3 is 15.4 Å². The quantitative estimate of drug-likeness (QED) is 0.774. The zero-order chi connectivity index (χ0) is 13.8. The molecule has 0 aromatic heterocycles. The Hall–Kier alpha value is -1.27. The number of methoxy groups -OCH3 is 1. The van der Waals surface area contributed by atoms with E-state index in [0.29, 0.717) is 18.8 Å². The number of anilines is 1. The molecule has 2 N–H and O–H groups in total. The molecule has 0 spiro atoms. The molecule has 0 fully saturated rings. The minimum atomic E-state index is -2.93. The van der Waals surface area contributed by atoms with Crippen LogP contribution in [0.1, 0.15) is 5.56 Å². The van der Waals surface area contributed by atoms with Gasteiger partial charge in [0, 0.05) is 30.6 Å². The highest BCUT2D eigenvalue weighted by Crippen LogP contribution is 2.22. The van der Waals surface area contributed by atoms with Crippen LogP contribution in [-0.2, 0) is 16.4 Å². The molecular weight excluding hydrogens is 252 g/mol. The first-order valence-electron chi connectivity index (χ1n) is 5.60. The lowest BCUT2D eigenvalue weighted by Gasteiger charge is -2.18. The molecule has 6 heteroatoms. The number of rotatable bonds is 6. The van der Waals surface area contributed by atoms with Crippen molar-refractivity contribution in [3.05, 3.63) is 23.8 Å². The molecule has 1 aromatic rings. The molecule has 0 saturated heterocycles. The molecule has 0 aliphatic heterocycles. The van der Waals surface area contributed by atoms with Crippen LogP contribution >= 0.6 is 0 Å². The minimum Gasteiger partial charge on any atom is -0.496 e. The Morgan fingerprint density at radius 1 is 1.39 bits per heavy atom. The zero-order valence-corrected chi connectivity index (χ0v) is 11.8. The molecule has 1 rings (SSSR count). The fraction of sp³-hybridized carbons (Fsp3) is 0.500. The standard InChI is InChI=1S/C12H20N2O3S/c1-14(6-7-18(3,15)16)9-10-8-11(13)4-5-12(10)17-2/h4-5,8H,6-7,9,13H2,1-3H3. The predicted octanol–water partition coefficient (Wildman–Crippen LogP) is 0.754. The molecular formula is C12H20N2O3S. The lowest BCUT2D eigenvalue weighted by Crippen LogP contribution is -2.25. The minimum absolute atomic E-state index is 0.147. The summed E-state index contributed by atoms with van der Waals surface area (Å²) in [7, 11) is 0.539. The van der Waals surface area contributed by atoms with Gasteiger partial charge in [-0.05, 0) is 25.2 Å². The van der Waals surface area contributed by atoms with Crippen LogP contribution in [0.4, 0.5) is 5.69 Å². The first-order chi connectivity index (χ1) is 8.31. The number of nitrogens with two attached hydrogens (primary N) is 1. The Labute approximate surface area is 108 Å². The van der Waals surface area contributed by atoms with Gasteiger partial charge in [-0.3, -0.25) is 0 Å². The number of benzene rings is 1. The maximum Gasteiger partial charge on any atom is 0.148 e. The van der Waals surface area contributed by atoms with Crippen LogP contribution in [0.5, 0.6) is 5.75 Å². The molecule has 0 heterocycles. The zero-order valence-electron chi connectivity index (χ0n) is 11.0. The third kappa shape index (κ3) is 4.93. The Morgan fingerprint density at radius 3 is 2.61 bits per heavy atom. The molecule has 0 atom stereocenters. The Bertz CT molecular complexity index is 500. The number of ether oxygens (including phenoxy) is 1. The number of hydrogen-bond donors (Lipinski definition) is 1. The molecule has 0 saturated carbocycles. The van der Waals surface area contributed by atoms with Crippen molar-refractivity contribution in [2.75, 3.05) is 38.4 Å². The van der Waals surface area contributed by atoms with Gasteiger partial charge in [0.25, 0.3) is 0 Å². The van der Waals surface area contributed by atoms with Gasteiger partial charge in [0.1, 0.15) is 15.6 Å². The van der Waals surface area contributed by atoms with Gasteiger partial charge in [-0.25, -0.2) is 8.42 Å². The van der Waals surface area contributed by atoms with Crippen LogP contribution in [0.3, 0.4) is 0 Å². The van der Waals surface area contributed by atoms with E-state index in [1.807, 2.05) is 24.1 Å². The summed E-state index contributed by atoms with van der Waals surface area (Å²) in [5.74, 6) is 0.907. The Balaban J connectivity index is 2.69.